The van der Waals surface area contributed by atoms with Gasteiger partial charge in [-0.1, -0.05) is 12.1 Å². The molecule has 0 atom stereocenters. The summed E-state index contributed by atoms with van der Waals surface area (Å²) in [6, 6.07) is 8.70. The Balaban J connectivity index is 2.41. The number of nitrogens with zero attached hydrogens (tertiary/aromatic N) is 2. The van der Waals surface area contributed by atoms with Crippen molar-refractivity contribution in [2.45, 2.75) is 6.54 Å². The number of ether oxygens (including phenoxy) is 1. The Bertz CT molecular complexity index is 852. The normalized spacial score (nSPS) is 10.1. The van der Waals surface area contributed by atoms with Gasteiger partial charge in [0, 0.05) is 6.54 Å². The highest BCUT2D eigenvalue weighted by atomic mass is 16.6. The van der Waals surface area contributed by atoms with Gasteiger partial charge in [-0.25, -0.2) is 0 Å². The lowest BCUT2D eigenvalue weighted by Crippen LogP contribution is -2.15. The molecular weight excluding hydrogens is 332 g/mol. The first-order valence-electron chi connectivity index (χ1n) is 6.97. The quantitative estimate of drug-likeness (QED) is 0.576. The number of amides is 1. The van der Waals surface area contributed by atoms with Crippen molar-refractivity contribution in [1.29, 1.82) is 0 Å². The van der Waals surface area contributed by atoms with Gasteiger partial charge in [0.15, 0.2) is 0 Å². The Labute approximate surface area is 141 Å². The second-order valence-electron chi connectivity index (χ2n) is 4.97. The molecule has 0 saturated heterocycles. The van der Waals surface area contributed by atoms with Crippen LogP contribution in [0.3, 0.4) is 0 Å². The molecule has 10 heteroatoms. The summed E-state index contributed by atoms with van der Waals surface area (Å²) in [5.41, 5.74) is 4.19. The fourth-order valence-corrected chi connectivity index (χ4v) is 2.20. The maximum atomic E-state index is 11.4. The summed E-state index contributed by atoms with van der Waals surface area (Å²) in [5, 5.41) is 25.0. The summed E-state index contributed by atoms with van der Waals surface area (Å²) >= 11 is 0. The molecule has 2 aromatic carbocycles. The van der Waals surface area contributed by atoms with Crippen LogP contribution in [0.2, 0.25) is 0 Å². The Hall–Kier alpha value is -3.69. The molecule has 25 heavy (non-hydrogen) atoms. The molecule has 0 heterocycles. The van der Waals surface area contributed by atoms with Gasteiger partial charge < -0.3 is 15.8 Å². The average molecular weight is 346 g/mol. The summed E-state index contributed by atoms with van der Waals surface area (Å²) in [6.07, 6.45) is 0. The van der Waals surface area contributed by atoms with E-state index in [1.54, 1.807) is 24.3 Å². The summed E-state index contributed by atoms with van der Waals surface area (Å²) in [4.78, 5) is 32.0. The minimum atomic E-state index is -1.05. The molecule has 3 N–H and O–H groups in total. The van der Waals surface area contributed by atoms with E-state index in [1.807, 2.05) is 0 Å². The topological polar surface area (TPSA) is 151 Å². The molecule has 0 unspecified atom stereocenters. The number of hydrogen-bond acceptors (Lipinski definition) is 7. The first-order valence-corrected chi connectivity index (χ1v) is 6.97. The molecule has 0 aliphatic heterocycles. The second-order valence-corrected chi connectivity index (χ2v) is 4.97. The fraction of sp³-hybridized carbons (Fsp3) is 0.133. The third kappa shape index (κ3) is 3.99. The Morgan fingerprint density at radius 1 is 1.16 bits per heavy atom. The molecule has 130 valence electrons. The van der Waals surface area contributed by atoms with Gasteiger partial charge in [0.2, 0.25) is 0 Å². The van der Waals surface area contributed by atoms with Crippen LogP contribution < -0.4 is 15.8 Å². The number of nitrogens with two attached hydrogens (primary N) is 1. The molecule has 0 fully saturated rings. The fourth-order valence-electron chi connectivity index (χ4n) is 2.20. The first-order chi connectivity index (χ1) is 11.8. The number of hydrogen-bond donors (Lipinski definition) is 2. The second kappa shape index (κ2) is 7.25. The first kappa shape index (κ1) is 17.7. The zero-order chi connectivity index (χ0) is 18.6. The lowest BCUT2D eigenvalue weighted by Gasteiger charge is -2.10. The number of benzene rings is 2. The molecule has 0 aliphatic carbocycles. The zero-order valence-corrected chi connectivity index (χ0v) is 13.1. The molecule has 2 aromatic rings. The van der Waals surface area contributed by atoms with Gasteiger partial charge in [-0.15, -0.1) is 0 Å². The number of carbonyl (C=O) groups excluding carboxylic acids is 1. The van der Waals surface area contributed by atoms with Gasteiger partial charge in [0.1, 0.15) is 17.0 Å². The number of nitrogens with one attached hydrogen (secondary N) is 1. The number of nitro benzene ring substituents is 2. The van der Waals surface area contributed by atoms with Gasteiger partial charge in [0.05, 0.1) is 23.0 Å². The smallest absolute Gasteiger partial charge is 0.299 e. The predicted molar refractivity (Wildman–Crippen MR) is 88.6 cm³/mol. The lowest BCUT2D eigenvalue weighted by atomic mass is 10.1. The Morgan fingerprint density at radius 3 is 2.40 bits per heavy atom. The van der Waals surface area contributed by atoms with Gasteiger partial charge in [-0.05, 0) is 23.8 Å². The number of rotatable bonds is 7. The van der Waals surface area contributed by atoms with Gasteiger partial charge in [-0.3, -0.25) is 25.0 Å². The molecule has 0 bridgehead atoms. The van der Waals surface area contributed by atoms with Crippen LogP contribution in [0, 0.1) is 20.2 Å². The molecule has 2 rings (SSSR count). The van der Waals surface area contributed by atoms with Crippen LogP contribution in [0.25, 0.3) is 0 Å². The van der Waals surface area contributed by atoms with Crippen molar-refractivity contribution in [3.63, 3.8) is 0 Å². The molecule has 0 aliphatic rings. The highest BCUT2D eigenvalue weighted by Crippen LogP contribution is 2.33. The maximum Gasteiger partial charge on any atom is 0.299 e. The highest BCUT2D eigenvalue weighted by Gasteiger charge is 2.26. The Kier molecular flexibility index (Phi) is 5.12. The van der Waals surface area contributed by atoms with Crippen molar-refractivity contribution < 1.29 is 19.4 Å². The van der Waals surface area contributed by atoms with Crippen LogP contribution in [-0.4, -0.2) is 22.9 Å². The number of primary amides is 1. The molecule has 1 amide bonds. The van der Waals surface area contributed by atoms with Crippen LogP contribution in [-0.2, 0) is 6.54 Å². The molecule has 0 spiro atoms. The van der Waals surface area contributed by atoms with E-state index in [4.69, 9.17) is 10.5 Å². The summed E-state index contributed by atoms with van der Waals surface area (Å²) in [5.74, 6) is -0.443. The number of nitro groups is 2. The van der Waals surface area contributed by atoms with E-state index in [2.05, 4.69) is 5.32 Å². The number of carbonyl (C=O) groups is 1. The maximum absolute atomic E-state index is 11.4. The van der Waals surface area contributed by atoms with Crippen molar-refractivity contribution in [2.24, 2.45) is 5.73 Å². The lowest BCUT2D eigenvalue weighted by molar-refractivity contribution is -0.393. The number of methoxy groups -OCH3 is 1. The molecule has 0 aromatic heterocycles. The minimum absolute atomic E-state index is 0.0489. The standard InChI is InChI=1S/C15H14N4O6/c1-25-10-4-2-3-9(5-10)8-17-12-6-11(15(16)20)13(18(21)22)7-14(12)19(23)24/h2-7,17H,8H2,1H3,(H2,16,20). The van der Waals surface area contributed by atoms with Crippen LogP contribution in [0.1, 0.15) is 15.9 Å². The van der Waals surface area contributed by atoms with E-state index in [0.29, 0.717) is 11.8 Å². The molecule has 0 saturated carbocycles. The van der Waals surface area contributed by atoms with Gasteiger partial charge in [-0.2, -0.15) is 0 Å². The van der Waals surface area contributed by atoms with Crippen LogP contribution in [0.4, 0.5) is 17.1 Å². The van der Waals surface area contributed by atoms with Crippen molar-refractivity contribution in [2.75, 3.05) is 12.4 Å². The summed E-state index contributed by atoms with van der Waals surface area (Å²) in [7, 11) is 1.51. The summed E-state index contributed by atoms with van der Waals surface area (Å²) in [6.45, 7) is 0.175. The molecule has 0 radical (unpaired) electrons. The van der Waals surface area contributed by atoms with Crippen molar-refractivity contribution in [1.82, 2.24) is 0 Å². The summed E-state index contributed by atoms with van der Waals surface area (Å²) < 4.78 is 5.09. The van der Waals surface area contributed by atoms with Crippen molar-refractivity contribution in [3.8, 4) is 5.75 Å². The van der Waals surface area contributed by atoms with Crippen molar-refractivity contribution in [3.05, 3.63) is 67.8 Å². The monoisotopic (exact) mass is 346 g/mol. The van der Waals surface area contributed by atoms with E-state index in [0.717, 1.165) is 11.6 Å². The van der Waals surface area contributed by atoms with E-state index >= 15 is 0 Å². The largest absolute Gasteiger partial charge is 0.497 e. The van der Waals surface area contributed by atoms with Crippen LogP contribution in [0.5, 0.6) is 5.75 Å². The molecule has 10 nitrogen and oxygen atoms in total. The van der Waals surface area contributed by atoms with Gasteiger partial charge >= 0.3 is 0 Å². The average Bonchev–Trinajstić information content (AvgIpc) is 2.58. The van der Waals surface area contributed by atoms with Crippen LogP contribution in [0.15, 0.2) is 36.4 Å². The van der Waals surface area contributed by atoms with Crippen LogP contribution >= 0.6 is 0 Å². The Morgan fingerprint density at radius 2 is 1.84 bits per heavy atom. The van der Waals surface area contributed by atoms with E-state index < -0.39 is 32.7 Å². The van der Waals surface area contributed by atoms with E-state index in [9.17, 15) is 25.0 Å². The number of anilines is 1. The zero-order valence-electron chi connectivity index (χ0n) is 13.1. The van der Waals surface area contributed by atoms with Gasteiger partial charge in [0.25, 0.3) is 17.3 Å². The van der Waals surface area contributed by atoms with E-state index in [-0.39, 0.29) is 12.2 Å². The minimum Gasteiger partial charge on any atom is -0.497 e. The third-order valence-corrected chi connectivity index (χ3v) is 3.39. The van der Waals surface area contributed by atoms with Crippen molar-refractivity contribution >= 4 is 23.0 Å². The SMILES string of the molecule is COc1cccc(CNc2cc(C(N)=O)c([N+](=O)[O-])cc2[N+](=O)[O-])c1. The predicted octanol–water partition coefficient (Wildman–Crippen LogP) is 2.22. The molecular formula is C15H14N4O6. The van der Waals surface area contributed by atoms with E-state index in [1.165, 1.54) is 7.11 Å². The third-order valence-electron chi connectivity index (χ3n) is 3.39. The highest BCUT2D eigenvalue weighted by molar-refractivity contribution is 5.99.